The van der Waals surface area contributed by atoms with Gasteiger partial charge in [0.1, 0.15) is 5.82 Å². The third-order valence-electron chi connectivity index (χ3n) is 3.58. The fourth-order valence-electron chi connectivity index (χ4n) is 2.64. The number of hydrogen-bond donors (Lipinski definition) is 1. The fourth-order valence-corrected chi connectivity index (χ4v) is 4.13. The van der Waals surface area contributed by atoms with Gasteiger partial charge < -0.3 is 5.32 Å². The van der Waals surface area contributed by atoms with Crippen molar-refractivity contribution in [2.45, 2.75) is 43.2 Å². The first-order valence-corrected chi connectivity index (χ1v) is 8.22. The van der Waals surface area contributed by atoms with Crippen molar-refractivity contribution in [2.24, 2.45) is 0 Å². The van der Waals surface area contributed by atoms with Crippen molar-refractivity contribution in [2.75, 3.05) is 6.54 Å². The van der Waals surface area contributed by atoms with Gasteiger partial charge in [0.15, 0.2) is 9.84 Å². The summed E-state index contributed by atoms with van der Waals surface area (Å²) in [4.78, 5) is 8.71. The Morgan fingerprint density at radius 3 is 3.00 bits per heavy atom. The summed E-state index contributed by atoms with van der Waals surface area (Å²) < 4.78 is 23.0. The van der Waals surface area contributed by atoms with E-state index in [1.165, 1.54) is 12.8 Å². The number of sulfone groups is 1. The van der Waals surface area contributed by atoms with Gasteiger partial charge in [0.2, 0.25) is 0 Å². The van der Waals surface area contributed by atoms with E-state index in [0.29, 0.717) is 11.7 Å². The maximum absolute atomic E-state index is 11.5. The Kier molecular flexibility index (Phi) is 3.07. The average molecular weight is 267 g/mol. The Labute approximate surface area is 107 Å². The van der Waals surface area contributed by atoms with Crippen LogP contribution in [0, 0.1) is 0 Å². The summed E-state index contributed by atoms with van der Waals surface area (Å²) in [7, 11) is -2.97. The summed E-state index contributed by atoms with van der Waals surface area (Å²) >= 11 is 0. The lowest BCUT2D eigenvalue weighted by Gasteiger charge is -2.22. The van der Waals surface area contributed by atoms with Crippen LogP contribution in [0.15, 0.2) is 6.20 Å². The van der Waals surface area contributed by atoms with Gasteiger partial charge in [-0.1, -0.05) is 6.42 Å². The number of hydrogen-bond acceptors (Lipinski definition) is 5. The summed E-state index contributed by atoms with van der Waals surface area (Å²) in [6.45, 7) is 1.06. The molecule has 1 aromatic heterocycles. The van der Waals surface area contributed by atoms with Crippen LogP contribution in [-0.2, 0) is 27.8 Å². The molecule has 1 N–H and O–H groups in total. The van der Waals surface area contributed by atoms with Crippen molar-refractivity contribution in [3.8, 4) is 0 Å². The van der Waals surface area contributed by atoms with E-state index < -0.39 is 9.84 Å². The van der Waals surface area contributed by atoms with E-state index >= 15 is 0 Å². The van der Waals surface area contributed by atoms with Crippen molar-refractivity contribution < 1.29 is 8.42 Å². The molecule has 1 atom stereocenters. The van der Waals surface area contributed by atoms with Gasteiger partial charge in [-0.25, -0.2) is 18.4 Å². The number of fused-ring (bicyclic) bond motifs is 1. The molecule has 0 aromatic carbocycles. The monoisotopic (exact) mass is 267 g/mol. The molecule has 0 amide bonds. The molecule has 0 bridgehead atoms. The van der Waals surface area contributed by atoms with Crippen LogP contribution in [-0.4, -0.2) is 31.0 Å². The molecular weight excluding hydrogens is 250 g/mol. The maximum Gasteiger partial charge on any atom is 0.160 e. The maximum atomic E-state index is 11.5. The van der Waals surface area contributed by atoms with Gasteiger partial charge in [0.25, 0.3) is 0 Å². The van der Waals surface area contributed by atoms with Crippen molar-refractivity contribution in [1.82, 2.24) is 15.3 Å². The Balaban J connectivity index is 1.75. The van der Waals surface area contributed by atoms with Crippen LogP contribution in [0.5, 0.6) is 0 Å². The minimum atomic E-state index is -2.97. The number of rotatable bonds is 2. The molecule has 3 rings (SSSR count). The van der Waals surface area contributed by atoms with Crippen molar-refractivity contribution in [1.29, 1.82) is 0 Å². The SMILES string of the molecule is O=S1(=O)Cc2cnc(CC3CCCCN3)nc2C1. The number of nitrogens with zero attached hydrogens (tertiary/aromatic N) is 2. The second-order valence-electron chi connectivity index (χ2n) is 5.14. The Morgan fingerprint density at radius 2 is 2.22 bits per heavy atom. The smallest absolute Gasteiger partial charge is 0.160 e. The van der Waals surface area contributed by atoms with Gasteiger partial charge in [0, 0.05) is 24.2 Å². The molecule has 3 heterocycles. The van der Waals surface area contributed by atoms with E-state index in [4.69, 9.17) is 0 Å². The molecule has 98 valence electrons. The topological polar surface area (TPSA) is 72.0 Å². The van der Waals surface area contributed by atoms with Gasteiger partial charge in [-0.15, -0.1) is 0 Å². The summed E-state index contributed by atoms with van der Waals surface area (Å²) in [5.41, 5.74) is 1.48. The van der Waals surface area contributed by atoms with E-state index in [9.17, 15) is 8.42 Å². The molecule has 5 nitrogen and oxygen atoms in total. The zero-order valence-corrected chi connectivity index (χ0v) is 11.0. The average Bonchev–Trinajstić information content (AvgIpc) is 2.63. The first kappa shape index (κ1) is 12.0. The Morgan fingerprint density at radius 1 is 1.33 bits per heavy atom. The number of nitrogens with one attached hydrogen (secondary N) is 1. The second kappa shape index (κ2) is 4.59. The van der Waals surface area contributed by atoms with Gasteiger partial charge in [0.05, 0.1) is 17.2 Å². The fraction of sp³-hybridized carbons (Fsp3) is 0.667. The molecule has 18 heavy (non-hydrogen) atoms. The van der Waals surface area contributed by atoms with Gasteiger partial charge >= 0.3 is 0 Å². The highest BCUT2D eigenvalue weighted by molar-refractivity contribution is 7.90. The molecular formula is C12H17N3O2S. The van der Waals surface area contributed by atoms with Crippen LogP contribution in [0.3, 0.4) is 0 Å². The highest BCUT2D eigenvalue weighted by Gasteiger charge is 2.27. The molecule has 0 spiro atoms. The third-order valence-corrected chi connectivity index (χ3v) is 5.04. The van der Waals surface area contributed by atoms with E-state index in [2.05, 4.69) is 15.3 Å². The molecule has 0 aliphatic carbocycles. The lowest BCUT2D eigenvalue weighted by atomic mass is 10.0. The molecule has 1 fully saturated rings. The standard InChI is InChI=1S/C12H17N3O2S/c16-18(17)7-9-6-14-12(15-11(9)8-18)5-10-3-1-2-4-13-10/h6,10,13H,1-5,7-8H2. The molecule has 6 heteroatoms. The summed E-state index contributed by atoms with van der Waals surface area (Å²) in [6, 6.07) is 0.440. The molecule has 0 radical (unpaired) electrons. The lowest BCUT2D eigenvalue weighted by molar-refractivity contribution is 0.394. The summed E-state index contributed by atoms with van der Waals surface area (Å²) in [6.07, 6.45) is 6.12. The minimum absolute atomic E-state index is 0.0793. The van der Waals surface area contributed by atoms with Crippen LogP contribution < -0.4 is 5.32 Å². The van der Waals surface area contributed by atoms with E-state index in [1.54, 1.807) is 6.20 Å². The van der Waals surface area contributed by atoms with Crippen LogP contribution in [0.4, 0.5) is 0 Å². The minimum Gasteiger partial charge on any atom is -0.314 e. The number of aromatic nitrogens is 2. The quantitative estimate of drug-likeness (QED) is 0.849. The predicted octanol–water partition coefficient (Wildman–Crippen LogP) is 0.590. The zero-order chi connectivity index (χ0) is 12.6. The normalized spacial score (nSPS) is 25.9. The first-order chi connectivity index (χ1) is 8.62. The van der Waals surface area contributed by atoms with E-state index in [-0.39, 0.29) is 11.5 Å². The van der Waals surface area contributed by atoms with Crippen molar-refractivity contribution in [3.63, 3.8) is 0 Å². The molecule has 1 aromatic rings. The largest absolute Gasteiger partial charge is 0.314 e. The molecule has 1 unspecified atom stereocenters. The Hall–Kier alpha value is -1.01. The van der Waals surface area contributed by atoms with Crippen molar-refractivity contribution >= 4 is 9.84 Å². The highest BCUT2D eigenvalue weighted by Crippen LogP contribution is 2.22. The molecule has 2 aliphatic heterocycles. The summed E-state index contributed by atoms with van der Waals surface area (Å²) in [5.74, 6) is 0.950. The van der Waals surface area contributed by atoms with E-state index in [0.717, 1.165) is 30.8 Å². The van der Waals surface area contributed by atoms with Gasteiger partial charge in [-0.2, -0.15) is 0 Å². The van der Waals surface area contributed by atoms with Crippen LogP contribution in [0.2, 0.25) is 0 Å². The van der Waals surface area contributed by atoms with Gasteiger partial charge in [-0.3, -0.25) is 0 Å². The summed E-state index contributed by atoms with van der Waals surface area (Å²) in [5, 5.41) is 3.45. The lowest BCUT2D eigenvalue weighted by Crippen LogP contribution is -2.36. The molecule has 0 saturated carbocycles. The predicted molar refractivity (Wildman–Crippen MR) is 67.7 cm³/mol. The first-order valence-electron chi connectivity index (χ1n) is 6.40. The van der Waals surface area contributed by atoms with Crippen LogP contribution in [0.25, 0.3) is 0 Å². The molecule has 2 aliphatic rings. The molecule has 1 saturated heterocycles. The number of piperidine rings is 1. The van der Waals surface area contributed by atoms with E-state index in [1.807, 2.05) is 0 Å². The van der Waals surface area contributed by atoms with Gasteiger partial charge in [-0.05, 0) is 19.4 Å². The second-order valence-corrected chi connectivity index (χ2v) is 7.21. The van der Waals surface area contributed by atoms with Crippen LogP contribution in [0.1, 0.15) is 36.3 Å². The Bertz CT molecular complexity index is 550. The van der Waals surface area contributed by atoms with Crippen LogP contribution >= 0.6 is 0 Å². The van der Waals surface area contributed by atoms with Crippen molar-refractivity contribution in [3.05, 3.63) is 23.3 Å². The zero-order valence-electron chi connectivity index (χ0n) is 10.2. The highest BCUT2D eigenvalue weighted by atomic mass is 32.2. The third kappa shape index (κ3) is 2.54.